The van der Waals surface area contributed by atoms with Crippen molar-refractivity contribution < 1.29 is 24.5 Å². The molecule has 0 radical (unpaired) electrons. The first kappa shape index (κ1) is 11.9. The van der Waals surface area contributed by atoms with Gasteiger partial charge in [-0.2, -0.15) is 0 Å². The van der Waals surface area contributed by atoms with Gasteiger partial charge in [0.1, 0.15) is 0 Å². The van der Waals surface area contributed by atoms with E-state index >= 15 is 0 Å². The number of ether oxygens (including phenoxy) is 1. The smallest absolute Gasteiger partial charge is 0.320 e. The molecule has 2 N–H and O–H groups in total. The first-order valence-electron chi connectivity index (χ1n) is 3.91. The van der Waals surface area contributed by atoms with E-state index in [2.05, 4.69) is 0 Å². The number of carboxylic acid groups (broad SMARTS) is 2. The monoisotopic (exact) mass is 190 g/mol. The topological polar surface area (TPSA) is 83.8 Å². The summed E-state index contributed by atoms with van der Waals surface area (Å²) in [6, 6.07) is 0. The van der Waals surface area contributed by atoms with E-state index in [-0.39, 0.29) is 6.42 Å². The highest BCUT2D eigenvalue weighted by atomic mass is 16.5. The fourth-order valence-corrected chi connectivity index (χ4v) is 0.875. The highest BCUT2D eigenvalue weighted by Gasteiger charge is 2.40. The molecule has 0 aromatic rings. The van der Waals surface area contributed by atoms with E-state index in [1.165, 1.54) is 14.0 Å². The second kappa shape index (κ2) is 4.81. The average molecular weight is 190 g/mol. The summed E-state index contributed by atoms with van der Waals surface area (Å²) in [5.41, 5.74) is -1.70. The minimum atomic E-state index is -1.70. The normalized spacial score (nSPS) is 11.2. The Morgan fingerprint density at radius 3 is 2.08 bits per heavy atom. The van der Waals surface area contributed by atoms with E-state index in [0.29, 0.717) is 13.0 Å². The molecule has 0 fully saturated rings. The van der Waals surface area contributed by atoms with Gasteiger partial charge in [-0.15, -0.1) is 0 Å². The standard InChI is InChI=1S/C8H14O5/c1-8(6(9)10,7(11)12)4-3-5-13-2/h3-5H2,1-2H3,(H,9,10)(H,11,12). The van der Waals surface area contributed by atoms with Crippen LogP contribution in [0.15, 0.2) is 0 Å². The van der Waals surface area contributed by atoms with Crippen LogP contribution >= 0.6 is 0 Å². The molecule has 5 heteroatoms. The molecule has 0 unspecified atom stereocenters. The predicted octanol–water partition coefficient (Wildman–Crippen LogP) is 0.589. The van der Waals surface area contributed by atoms with Crippen molar-refractivity contribution >= 4 is 11.9 Å². The number of carboxylic acids is 2. The summed E-state index contributed by atoms with van der Waals surface area (Å²) < 4.78 is 4.71. The van der Waals surface area contributed by atoms with Gasteiger partial charge in [0.05, 0.1) is 0 Å². The summed E-state index contributed by atoms with van der Waals surface area (Å²) in [6.07, 6.45) is 0.497. The molecule has 13 heavy (non-hydrogen) atoms. The summed E-state index contributed by atoms with van der Waals surface area (Å²) >= 11 is 0. The zero-order valence-corrected chi connectivity index (χ0v) is 7.74. The van der Waals surface area contributed by atoms with E-state index in [1.54, 1.807) is 0 Å². The summed E-state index contributed by atoms with van der Waals surface area (Å²) in [4.78, 5) is 21.3. The number of aliphatic carboxylic acids is 2. The number of hydrogen-bond acceptors (Lipinski definition) is 3. The Labute approximate surface area is 76.3 Å². The SMILES string of the molecule is COCCCC(C)(C(=O)O)C(=O)O. The van der Waals surface area contributed by atoms with Crippen molar-refractivity contribution in [3.63, 3.8) is 0 Å². The van der Waals surface area contributed by atoms with Gasteiger partial charge in [-0.05, 0) is 19.8 Å². The quantitative estimate of drug-likeness (QED) is 0.473. The lowest BCUT2D eigenvalue weighted by Gasteiger charge is -2.18. The third-order valence-corrected chi connectivity index (χ3v) is 1.97. The van der Waals surface area contributed by atoms with E-state index in [1.807, 2.05) is 0 Å². The number of rotatable bonds is 6. The molecule has 0 saturated heterocycles. The Morgan fingerprint density at radius 2 is 1.77 bits per heavy atom. The predicted molar refractivity (Wildman–Crippen MR) is 44.5 cm³/mol. The van der Waals surface area contributed by atoms with Gasteiger partial charge in [-0.3, -0.25) is 9.59 Å². The van der Waals surface area contributed by atoms with E-state index in [9.17, 15) is 9.59 Å². The van der Waals surface area contributed by atoms with Gasteiger partial charge in [-0.1, -0.05) is 0 Å². The van der Waals surface area contributed by atoms with Crippen LogP contribution < -0.4 is 0 Å². The Kier molecular flexibility index (Phi) is 4.40. The number of methoxy groups -OCH3 is 1. The minimum absolute atomic E-state index is 0.0749. The molecule has 0 atom stereocenters. The number of hydrogen-bond donors (Lipinski definition) is 2. The summed E-state index contributed by atoms with van der Waals surface area (Å²) in [5, 5.41) is 17.4. The van der Waals surface area contributed by atoms with Crippen molar-refractivity contribution in [3.05, 3.63) is 0 Å². The molecule has 0 spiro atoms. The minimum Gasteiger partial charge on any atom is -0.480 e. The van der Waals surface area contributed by atoms with Crippen molar-refractivity contribution in [3.8, 4) is 0 Å². The largest absolute Gasteiger partial charge is 0.480 e. The highest BCUT2D eigenvalue weighted by Crippen LogP contribution is 2.23. The van der Waals surface area contributed by atoms with Crippen molar-refractivity contribution in [2.75, 3.05) is 13.7 Å². The molecule has 5 nitrogen and oxygen atoms in total. The van der Waals surface area contributed by atoms with Gasteiger partial charge in [0, 0.05) is 13.7 Å². The molecule has 0 saturated carbocycles. The highest BCUT2D eigenvalue weighted by molar-refractivity contribution is 5.97. The molecular formula is C8H14O5. The van der Waals surface area contributed by atoms with Crippen LogP contribution in [0.5, 0.6) is 0 Å². The summed E-state index contributed by atoms with van der Waals surface area (Å²) in [6.45, 7) is 1.57. The van der Waals surface area contributed by atoms with Crippen molar-refractivity contribution in [2.24, 2.45) is 5.41 Å². The fraction of sp³-hybridized carbons (Fsp3) is 0.750. The van der Waals surface area contributed by atoms with Crippen LogP contribution in [-0.4, -0.2) is 35.9 Å². The molecule has 0 amide bonds. The lowest BCUT2D eigenvalue weighted by atomic mass is 9.86. The van der Waals surface area contributed by atoms with Crippen LogP contribution in [0.3, 0.4) is 0 Å². The Hall–Kier alpha value is -1.10. The molecule has 0 aromatic heterocycles. The van der Waals surface area contributed by atoms with Crippen molar-refractivity contribution in [1.29, 1.82) is 0 Å². The molecule has 0 aromatic carbocycles. The lowest BCUT2D eigenvalue weighted by Crippen LogP contribution is -2.36. The van der Waals surface area contributed by atoms with Crippen molar-refractivity contribution in [2.45, 2.75) is 19.8 Å². The molecule has 0 bridgehead atoms. The summed E-state index contributed by atoms with van der Waals surface area (Å²) in [7, 11) is 1.48. The van der Waals surface area contributed by atoms with E-state index in [0.717, 1.165) is 0 Å². The molecule has 0 rings (SSSR count). The lowest BCUT2D eigenvalue weighted by molar-refractivity contribution is -0.163. The van der Waals surface area contributed by atoms with E-state index < -0.39 is 17.4 Å². The zero-order chi connectivity index (χ0) is 10.5. The van der Waals surface area contributed by atoms with Crippen LogP contribution in [0.2, 0.25) is 0 Å². The third-order valence-electron chi connectivity index (χ3n) is 1.97. The Balaban J connectivity index is 4.26. The first-order chi connectivity index (χ1) is 5.95. The average Bonchev–Trinajstić information content (AvgIpc) is 2.03. The molecule has 0 aliphatic heterocycles. The Bertz CT molecular complexity index is 185. The third kappa shape index (κ3) is 3.02. The van der Waals surface area contributed by atoms with Gasteiger partial charge >= 0.3 is 11.9 Å². The molecule has 0 heterocycles. The molecule has 0 aliphatic carbocycles. The maximum absolute atomic E-state index is 10.6. The molecule has 76 valence electrons. The van der Waals surface area contributed by atoms with Gasteiger partial charge in [0.25, 0.3) is 0 Å². The first-order valence-corrected chi connectivity index (χ1v) is 3.91. The van der Waals surface area contributed by atoms with E-state index in [4.69, 9.17) is 14.9 Å². The summed E-state index contributed by atoms with van der Waals surface area (Å²) in [5.74, 6) is -2.62. The van der Waals surface area contributed by atoms with Gasteiger partial charge in [0.15, 0.2) is 5.41 Å². The second-order valence-electron chi connectivity index (χ2n) is 3.04. The van der Waals surface area contributed by atoms with Crippen LogP contribution in [0.4, 0.5) is 0 Å². The Morgan fingerprint density at radius 1 is 1.31 bits per heavy atom. The van der Waals surface area contributed by atoms with Crippen LogP contribution in [0, 0.1) is 5.41 Å². The molecule has 0 aliphatic rings. The fourth-order valence-electron chi connectivity index (χ4n) is 0.875. The maximum Gasteiger partial charge on any atom is 0.320 e. The zero-order valence-electron chi connectivity index (χ0n) is 7.74. The molecular weight excluding hydrogens is 176 g/mol. The van der Waals surface area contributed by atoms with Gasteiger partial charge in [0.2, 0.25) is 0 Å². The van der Waals surface area contributed by atoms with Gasteiger partial charge < -0.3 is 14.9 Å². The van der Waals surface area contributed by atoms with Crippen LogP contribution in [0.1, 0.15) is 19.8 Å². The van der Waals surface area contributed by atoms with Crippen molar-refractivity contribution in [1.82, 2.24) is 0 Å². The van der Waals surface area contributed by atoms with Gasteiger partial charge in [-0.25, -0.2) is 0 Å². The van der Waals surface area contributed by atoms with Crippen LogP contribution in [-0.2, 0) is 14.3 Å². The number of carbonyl (C=O) groups is 2. The van der Waals surface area contributed by atoms with Crippen LogP contribution in [0.25, 0.3) is 0 Å². The maximum atomic E-state index is 10.6. The second-order valence-corrected chi connectivity index (χ2v) is 3.04.